The normalized spacial score (nSPS) is 14.5. The first-order chi connectivity index (χ1) is 13.0. The van der Waals surface area contributed by atoms with Crippen LogP contribution >= 0.6 is 0 Å². The minimum Gasteiger partial charge on any atom is -0.494 e. The number of ether oxygens (including phenoxy) is 1. The van der Waals surface area contributed by atoms with E-state index in [2.05, 4.69) is 33.9 Å². The van der Waals surface area contributed by atoms with Crippen LogP contribution < -0.4 is 14.4 Å². The topological polar surface area (TPSA) is 58.6 Å². The number of hydrogen-bond donors (Lipinski definition) is 1. The number of nitrogens with zero attached hydrogens (tertiary/aromatic N) is 1. The van der Waals surface area contributed by atoms with Gasteiger partial charge in [0.05, 0.1) is 12.0 Å². The summed E-state index contributed by atoms with van der Waals surface area (Å²) in [5, 5.41) is 0. The molecule has 0 spiro atoms. The van der Waals surface area contributed by atoms with Crippen LogP contribution in [0, 0.1) is 5.82 Å². The van der Waals surface area contributed by atoms with E-state index >= 15 is 0 Å². The molecule has 5 nitrogen and oxygen atoms in total. The van der Waals surface area contributed by atoms with Crippen LogP contribution in [0.15, 0.2) is 47.4 Å². The molecule has 0 unspecified atom stereocenters. The molecule has 1 heterocycles. The zero-order valence-electron chi connectivity index (χ0n) is 15.4. The van der Waals surface area contributed by atoms with E-state index < -0.39 is 15.8 Å². The maximum Gasteiger partial charge on any atom is 0.240 e. The second kappa shape index (κ2) is 8.71. The number of sulfonamides is 1. The van der Waals surface area contributed by atoms with Gasteiger partial charge in [-0.05, 0) is 61.6 Å². The van der Waals surface area contributed by atoms with E-state index in [4.69, 9.17) is 4.74 Å². The minimum absolute atomic E-state index is 0.0197. The van der Waals surface area contributed by atoms with Crippen molar-refractivity contribution in [3.63, 3.8) is 0 Å². The lowest BCUT2D eigenvalue weighted by atomic mass is 10.1. The Morgan fingerprint density at radius 2 is 1.81 bits per heavy atom. The number of methoxy groups -OCH3 is 1. The number of benzene rings is 2. The molecule has 3 rings (SSSR count). The van der Waals surface area contributed by atoms with Crippen molar-refractivity contribution in [2.45, 2.75) is 30.6 Å². The van der Waals surface area contributed by atoms with E-state index in [1.807, 2.05) is 0 Å². The molecule has 1 saturated heterocycles. The third-order valence-corrected chi connectivity index (χ3v) is 6.23. The summed E-state index contributed by atoms with van der Waals surface area (Å²) in [5.41, 5.74) is 2.42. The van der Waals surface area contributed by atoms with E-state index in [9.17, 15) is 12.8 Å². The molecule has 2 aromatic rings. The van der Waals surface area contributed by atoms with Crippen LogP contribution in [-0.2, 0) is 16.4 Å². The van der Waals surface area contributed by atoms with Gasteiger partial charge in [-0.15, -0.1) is 0 Å². The van der Waals surface area contributed by atoms with E-state index in [1.165, 1.54) is 43.3 Å². The zero-order chi connectivity index (χ0) is 19.3. The highest BCUT2D eigenvalue weighted by molar-refractivity contribution is 7.89. The first kappa shape index (κ1) is 19.6. The molecule has 0 bridgehead atoms. The Labute approximate surface area is 160 Å². The summed E-state index contributed by atoms with van der Waals surface area (Å²) in [7, 11) is -2.40. The Hall–Kier alpha value is -2.12. The van der Waals surface area contributed by atoms with Gasteiger partial charge in [-0.25, -0.2) is 17.5 Å². The highest BCUT2D eigenvalue weighted by atomic mass is 32.2. The van der Waals surface area contributed by atoms with Gasteiger partial charge in [0.25, 0.3) is 0 Å². The Balaban J connectivity index is 1.49. The SMILES string of the molecule is COc1ccc(S(=O)(=O)NCCCc2ccc(N3CCCC3)cc2)cc1F. The maximum atomic E-state index is 13.7. The van der Waals surface area contributed by atoms with Gasteiger partial charge in [-0.1, -0.05) is 12.1 Å². The van der Waals surface area contributed by atoms with E-state index in [-0.39, 0.29) is 10.6 Å². The zero-order valence-corrected chi connectivity index (χ0v) is 16.3. The molecule has 27 heavy (non-hydrogen) atoms. The molecule has 0 atom stereocenters. The van der Waals surface area contributed by atoms with Crippen molar-refractivity contribution in [2.24, 2.45) is 0 Å². The number of rotatable bonds is 8. The molecule has 1 N–H and O–H groups in total. The predicted molar refractivity (Wildman–Crippen MR) is 104 cm³/mol. The van der Waals surface area contributed by atoms with E-state index in [0.717, 1.165) is 25.6 Å². The largest absolute Gasteiger partial charge is 0.494 e. The highest BCUT2D eigenvalue weighted by Gasteiger charge is 2.16. The molecule has 2 aromatic carbocycles. The van der Waals surface area contributed by atoms with Crippen molar-refractivity contribution in [2.75, 3.05) is 31.6 Å². The smallest absolute Gasteiger partial charge is 0.240 e. The lowest BCUT2D eigenvalue weighted by Gasteiger charge is -2.17. The summed E-state index contributed by atoms with van der Waals surface area (Å²) in [6, 6.07) is 12.1. The van der Waals surface area contributed by atoms with Crippen LogP contribution in [0.4, 0.5) is 10.1 Å². The van der Waals surface area contributed by atoms with E-state index in [1.54, 1.807) is 0 Å². The lowest BCUT2D eigenvalue weighted by Crippen LogP contribution is -2.25. The van der Waals surface area contributed by atoms with Gasteiger partial charge in [0.15, 0.2) is 11.6 Å². The summed E-state index contributed by atoms with van der Waals surface area (Å²) in [6.07, 6.45) is 3.95. The molecule has 1 aliphatic heterocycles. The van der Waals surface area contributed by atoms with Crippen LogP contribution in [0.1, 0.15) is 24.8 Å². The fraction of sp³-hybridized carbons (Fsp3) is 0.400. The number of nitrogens with one attached hydrogen (secondary N) is 1. The summed E-state index contributed by atoms with van der Waals surface area (Å²) >= 11 is 0. The van der Waals surface area contributed by atoms with Crippen molar-refractivity contribution in [1.82, 2.24) is 4.72 Å². The van der Waals surface area contributed by atoms with Crippen LogP contribution in [0.25, 0.3) is 0 Å². The third kappa shape index (κ3) is 4.99. The minimum atomic E-state index is -3.73. The van der Waals surface area contributed by atoms with Gasteiger partial charge in [0.1, 0.15) is 0 Å². The number of hydrogen-bond acceptors (Lipinski definition) is 4. The van der Waals surface area contributed by atoms with Crippen LogP contribution in [0.3, 0.4) is 0 Å². The Bertz CT molecular complexity index is 863. The lowest BCUT2D eigenvalue weighted by molar-refractivity contribution is 0.385. The molecular formula is C20H25FN2O3S. The average molecular weight is 392 g/mol. The van der Waals surface area contributed by atoms with Gasteiger partial charge in [-0.2, -0.15) is 0 Å². The van der Waals surface area contributed by atoms with E-state index in [0.29, 0.717) is 13.0 Å². The summed E-state index contributed by atoms with van der Waals surface area (Å²) in [6.45, 7) is 2.53. The van der Waals surface area contributed by atoms with Crippen molar-refractivity contribution in [3.8, 4) is 5.75 Å². The Kier molecular flexibility index (Phi) is 6.34. The van der Waals surface area contributed by atoms with Crippen LogP contribution in [0.2, 0.25) is 0 Å². The second-order valence-corrected chi connectivity index (χ2v) is 8.43. The van der Waals surface area contributed by atoms with Crippen molar-refractivity contribution in [1.29, 1.82) is 0 Å². The molecule has 146 valence electrons. The molecule has 1 aliphatic rings. The molecule has 7 heteroatoms. The fourth-order valence-electron chi connectivity index (χ4n) is 3.25. The standard InChI is InChI=1S/C20H25FN2O3S/c1-26-20-11-10-18(15-19(20)21)27(24,25)22-12-4-5-16-6-8-17(9-7-16)23-13-2-3-14-23/h6-11,15,22H,2-5,12-14H2,1H3. The third-order valence-electron chi connectivity index (χ3n) is 4.78. The molecule has 0 radical (unpaired) electrons. The Morgan fingerprint density at radius 3 is 2.44 bits per heavy atom. The maximum absolute atomic E-state index is 13.7. The summed E-state index contributed by atoms with van der Waals surface area (Å²) in [4.78, 5) is 2.28. The van der Waals surface area contributed by atoms with Gasteiger partial charge in [0, 0.05) is 25.3 Å². The number of aryl methyl sites for hydroxylation is 1. The first-order valence-electron chi connectivity index (χ1n) is 9.17. The van der Waals surface area contributed by atoms with Crippen molar-refractivity contribution >= 4 is 15.7 Å². The molecule has 0 aliphatic carbocycles. The van der Waals surface area contributed by atoms with Crippen LogP contribution in [0.5, 0.6) is 5.75 Å². The number of anilines is 1. The highest BCUT2D eigenvalue weighted by Crippen LogP contribution is 2.22. The van der Waals surface area contributed by atoms with Gasteiger partial charge >= 0.3 is 0 Å². The fourth-order valence-corrected chi connectivity index (χ4v) is 4.33. The van der Waals surface area contributed by atoms with Crippen molar-refractivity contribution in [3.05, 3.63) is 53.8 Å². The molecule has 0 aromatic heterocycles. The van der Waals surface area contributed by atoms with Gasteiger partial charge < -0.3 is 9.64 Å². The first-order valence-corrected chi connectivity index (χ1v) is 10.6. The van der Waals surface area contributed by atoms with Crippen molar-refractivity contribution < 1.29 is 17.5 Å². The van der Waals surface area contributed by atoms with Crippen LogP contribution in [-0.4, -0.2) is 35.2 Å². The quantitative estimate of drug-likeness (QED) is 0.700. The monoisotopic (exact) mass is 392 g/mol. The molecule has 1 fully saturated rings. The average Bonchev–Trinajstić information content (AvgIpc) is 3.20. The number of halogens is 1. The summed E-state index contributed by atoms with van der Waals surface area (Å²) in [5.74, 6) is -0.676. The summed E-state index contributed by atoms with van der Waals surface area (Å²) < 4.78 is 45.6. The predicted octanol–water partition coefficient (Wildman–Crippen LogP) is 3.35. The second-order valence-electron chi connectivity index (χ2n) is 6.66. The Morgan fingerprint density at radius 1 is 1.11 bits per heavy atom. The van der Waals surface area contributed by atoms with Gasteiger partial charge in [0.2, 0.25) is 10.0 Å². The molecule has 0 saturated carbocycles. The molecule has 0 amide bonds. The van der Waals surface area contributed by atoms with Gasteiger partial charge in [-0.3, -0.25) is 0 Å². The molecular weight excluding hydrogens is 367 g/mol.